The number of rotatable bonds is 9. The summed E-state index contributed by atoms with van der Waals surface area (Å²) >= 11 is 0. The van der Waals surface area contributed by atoms with Crippen LogP contribution in [0.1, 0.15) is 26.7 Å². The van der Waals surface area contributed by atoms with Gasteiger partial charge in [0.2, 0.25) is 5.91 Å². The van der Waals surface area contributed by atoms with Crippen molar-refractivity contribution in [2.24, 2.45) is 5.73 Å². The lowest BCUT2D eigenvalue weighted by atomic mass is 10.1. The summed E-state index contributed by atoms with van der Waals surface area (Å²) in [5.41, 5.74) is 5.56. The molecule has 0 fully saturated rings. The maximum atomic E-state index is 11.5. The van der Waals surface area contributed by atoms with Gasteiger partial charge in [-0.15, -0.1) is 0 Å². The molecule has 100 valence electrons. The van der Waals surface area contributed by atoms with Crippen molar-refractivity contribution in [2.75, 3.05) is 26.2 Å². The first kappa shape index (κ1) is 15.9. The van der Waals surface area contributed by atoms with Crippen molar-refractivity contribution in [3.63, 3.8) is 0 Å². The number of carbonyl (C=O) groups excluding carboxylic acids is 1. The number of carboxylic acid groups (broad SMARTS) is 1. The van der Waals surface area contributed by atoms with E-state index in [-0.39, 0.29) is 18.7 Å². The van der Waals surface area contributed by atoms with Gasteiger partial charge in [0.15, 0.2) is 0 Å². The summed E-state index contributed by atoms with van der Waals surface area (Å²) in [7, 11) is 0. The quantitative estimate of drug-likeness (QED) is 0.515. The molecule has 1 unspecified atom stereocenters. The molecule has 1 amide bonds. The van der Waals surface area contributed by atoms with Gasteiger partial charge in [0, 0.05) is 19.5 Å². The molecule has 1 atom stereocenters. The fourth-order valence-corrected chi connectivity index (χ4v) is 1.42. The van der Waals surface area contributed by atoms with Gasteiger partial charge in [0.1, 0.15) is 0 Å². The number of nitrogens with one attached hydrogen (secondary N) is 1. The normalized spacial score (nSPS) is 12.5. The van der Waals surface area contributed by atoms with Gasteiger partial charge in [-0.3, -0.25) is 9.59 Å². The molecule has 0 aromatic carbocycles. The Morgan fingerprint density at radius 1 is 1.35 bits per heavy atom. The summed E-state index contributed by atoms with van der Waals surface area (Å²) in [6, 6.07) is -0.734. The first-order chi connectivity index (χ1) is 8.01. The maximum absolute atomic E-state index is 11.5. The average molecular weight is 245 g/mol. The molecule has 0 spiro atoms. The van der Waals surface area contributed by atoms with Crippen molar-refractivity contribution in [2.45, 2.75) is 32.7 Å². The van der Waals surface area contributed by atoms with Gasteiger partial charge in [0.25, 0.3) is 0 Å². The van der Waals surface area contributed by atoms with Crippen LogP contribution in [0.3, 0.4) is 0 Å². The third-order valence-electron chi connectivity index (χ3n) is 2.63. The van der Waals surface area contributed by atoms with Crippen LogP contribution in [0, 0.1) is 0 Å². The van der Waals surface area contributed by atoms with Crippen LogP contribution >= 0.6 is 0 Å². The van der Waals surface area contributed by atoms with E-state index in [0.29, 0.717) is 6.54 Å². The Labute approximate surface area is 102 Å². The zero-order chi connectivity index (χ0) is 13.3. The highest BCUT2D eigenvalue weighted by Crippen LogP contribution is 1.94. The van der Waals surface area contributed by atoms with Gasteiger partial charge < -0.3 is 21.1 Å². The highest BCUT2D eigenvalue weighted by molar-refractivity contribution is 5.82. The molecule has 0 aliphatic heterocycles. The first-order valence-electron chi connectivity index (χ1n) is 5.98. The predicted molar refractivity (Wildman–Crippen MR) is 65.6 cm³/mol. The molecule has 6 heteroatoms. The van der Waals surface area contributed by atoms with Gasteiger partial charge >= 0.3 is 5.97 Å². The second-order valence-electron chi connectivity index (χ2n) is 3.86. The minimum Gasteiger partial charge on any atom is -0.481 e. The van der Waals surface area contributed by atoms with Crippen LogP contribution in [-0.2, 0) is 9.59 Å². The molecule has 17 heavy (non-hydrogen) atoms. The Morgan fingerprint density at radius 2 is 1.94 bits per heavy atom. The zero-order valence-electron chi connectivity index (χ0n) is 10.6. The number of likely N-dealkylation sites (N-methyl/N-ethyl adjacent to an activating group) is 1. The number of hydrogen-bond donors (Lipinski definition) is 3. The molecule has 0 bridgehead atoms. The van der Waals surface area contributed by atoms with Crippen molar-refractivity contribution in [3.8, 4) is 0 Å². The molecule has 0 aromatic heterocycles. The van der Waals surface area contributed by atoms with Crippen molar-refractivity contribution in [3.05, 3.63) is 0 Å². The van der Waals surface area contributed by atoms with Gasteiger partial charge in [-0.25, -0.2) is 0 Å². The van der Waals surface area contributed by atoms with Crippen LogP contribution in [0.25, 0.3) is 0 Å². The molecular formula is C11H23N3O3. The van der Waals surface area contributed by atoms with E-state index < -0.39 is 12.0 Å². The molecule has 0 aromatic rings. The standard InChI is InChI=1S/C11H23N3O3/c1-3-14(4-2)8-7-13-11(17)9(12)5-6-10(15)16/h9H,3-8,12H2,1-2H3,(H,13,17)(H,15,16). The molecule has 0 aliphatic carbocycles. The highest BCUT2D eigenvalue weighted by atomic mass is 16.4. The van der Waals surface area contributed by atoms with Crippen LogP contribution in [0.5, 0.6) is 0 Å². The Kier molecular flexibility index (Phi) is 8.35. The Balaban J connectivity index is 3.73. The van der Waals surface area contributed by atoms with Crippen LogP contribution < -0.4 is 11.1 Å². The van der Waals surface area contributed by atoms with Gasteiger partial charge in [-0.2, -0.15) is 0 Å². The van der Waals surface area contributed by atoms with E-state index in [1.54, 1.807) is 0 Å². The lowest BCUT2D eigenvalue weighted by molar-refractivity contribution is -0.137. The Bertz CT molecular complexity index is 242. The number of nitrogens with two attached hydrogens (primary N) is 1. The summed E-state index contributed by atoms with van der Waals surface area (Å²) in [6.45, 7) is 7.33. The summed E-state index contributed by atoms with van der Waals surface area (Å²) in [5, 5.41) is 11.2. The number of nitrogens with zero attached hydrogens (tertiary/aromatic N) is 1. The van der Waals surface area contributed by atoms with Crippen molar-refractivity contribution in [1.29, 1.82) is 0 Å². The lowest BCUT2D eigenvalue weighted by Crippen LogP contribution is -2.43. The van der Waals surface area contributed by atoms with Gasteiger partial charge in [-0.1, -0.05) is 13.8 Å². The van der Waals surface area contributed by atoms with E-state index in [0.717, 1.165) is 19.6 Å². The third-order valence-corrected chi connectivity index (χ3v) is 2.63. The molecule has 0 saturated carbocycles. The molecule has 6 nitrogen and oxygen atoms in total. The second-order valence-corrected chi connectivity index (χ2v) is 3.86. The summed E-state index contributed by atoms with van der Waals surface area (Å²) in [6.07, 6.45) is 0.0943. The number of amides is 1. The topological polar surface area (TPSA) is 95.7 Å². The SMILES string of the molecule is CCN(CC)CCNC(=O)C(N)CCC(=O)O. The maximum Gasteiger partial charge on any atom is 0.303 e. The van der Waals surface area contributed by atoms with Gasteiger partial charge in [-0.05, 0) is 19.5 Å². The molecule has 0 radical (unpaired) electrons. The van der Waals surface area contributed by atoms with Crippen molar-refractivity contribution < 1.29 is 14.7 Å². The number of carboxylic acids is 1. The van der Waals surface area contributed by atoms with Crippen LogP contribution in [0.15, 0.2) is 0 Å². The van der Waals surface area contributed by atoms with Crippen LogP contribution in [0.2, 0.25) is 0 Å². The molecule has 0 aliphatic rings. The molecule has 0 rings (SSSR count). The molecule has 0 heterocycles. The van der Waals surface area contributed by atoms with Crippen LogP contribution in [0.4, 0.5) is 0 Å². The molecule has 0 saturated heterocycles. The van der Waals surface area contributed by atoms with Crippen molar-refractivity contribution in [1.82, 2.24) is 10.2 Å². The second kappa shape index (κ2) is 8.95. The highest BCUT2D eigenvalue weighted by Gasteiger charge is 2.14. The largest absolute Gasteiger partial charge is 0.481 e. The molecular weight excluding hydrogens is 222 g/mol. The zero-order valence-corrected chi connectivity index (χ0v) is 10.6. The van der Waals surface area contributed by atoms with E-state index in [1.807, 2.05) is 0 Å². The monoisotopic (exact) mass is 245 g/mol. The van der Waals surface area contributed by atoms with Gasteiger partial charge in [0.05, 0.1) is 6.04 Å². The Hall–Kier alpha value is -1.14. The van der Waals surface area contributed by atoms with E-state index in [2.05, 4.69) is 24.1 Å². The summed E-state index contributed by atoms with van der Waals surface area (Å²) in [5.74, 6) is -1.21. The smallest absolute Gasteiger partial charge is 0.303 e. The minimum atomic E-state index is -0.934. The summed E-state index contributed by atoms with van der Waals surface area (Å²) in [4.78, 5) is 24.0. The average Bonchev–Trinajstić information content (AvgIpc) is 2.31. The van der Waals surface area contributed by atoms with E-state index in [4.69, 9.17) is 10.8 Å². The Morgan fingerprint density at radius 3 is 2.41 bits per heavy atom. The number of aliphatic carboxylic acids is 1. The lowest BCUT2D eigenvalue weighted by Gasteiger charge is -2.18. The number of carbonyl (C=O) groups is 2. The first-order valence-corrected chi connectivity index (χ1v) is 5.98. The van der Waals surface area contributed by atoms with E-state index >= 15 is 0 Å². The summed E-state index contributed by atoms with van der Waals surface area (Å²) < 4.78 is 0. The van der Waals surface area contributed by atoms with E-state index in [9.17, 15) is 9.59 Å². The fourth-order valence-electron chi connectivity index (χ4n) is 1.42. The van der Waals surface area contributed by atoms with Crippen molar-refractivity contribution >= 4 is 11.9 Å². The third kappa shape index (κ3) is 7.70. The van der Waals surface area contributed by atoms with E-state index in [1.165, 1.54) is 0 Å². The fraction of sp³-hybridized carbons (Fsp3) is 0.818. The number of hydrogen-bond acceptors (Lipinski definition) is 4. The molecule has 4 N–H and O–H groups in total. The minimum absolute atomic E-state index is 0.0787. The predicted octanol–water partition coefficient (Wildman–Crippen LogP) is -0.363. The van der Waals surface area contributed by atoms with Crippen LogP contribution in [-0.4, -0.2) is 54.1 Å².